The number of ether oxygens (including phenoxy) is 1. The predicted molar refractivity (Wildman–Crippen MR) is 194 cm³/mol. The SMILES string of the molecule is CC(C)(C)c1ccc(CN(C(=O)CN(Cc2ccc(Cl)cc2)S(=O)(=O)c2c(F)c(F)c(F)c(F)c2F)c2ccc(C(=O)OCc3ccccc3)cc2)cc1. The smallest absolute Gasteiger partial charge is 0.338 e. The molecule has 0 heterocycles. The lowest BCUT2D eigenvalue weighted by Gasteiger charge is -2.28. The Morgan fingerprint density at radius 2 is 1.19 bits per heavy atom. The van der Waals surface area contributed by atoms with E-state index in [4.69, 9.17) is 16.3 Å². The molecule has 0 saturated heterocycles. The van der Waals surface area contributed by atoms with E-state index in [2.05, 4.69) is 0 Å². The van der Waals surface area contributed by atoms with Gasteiger partial charge in [-0.15, -0.1) is 0 Å². The highest BCUT2D eigenvalue weighted by Crippen LogP contribution is 2.31. The number of hydrogen-bond acceptors (Lipinski definition) is 5. The van der Waals surface area contributed by atoms with Gasteiger partial charge >= 0.3 is 5.97 Å². The highest BCUT2D eigenvalue weighted by Gasteiger charge is 2.38. The number of carbonyl (C=O) groups excluding carboxylic acids is 2. The summed E-state index contributed by atoms with van der Waals surface area (Å²) in [6, 6.07) is 27.5. The van der Waals surface area contributed by atoms with Crippen molar-refractivity contribution in [3.63, 3.8) is 0 Å². The van der Waals surface area contributed by atoms with Crippen molar-refractivity contribution in [3.8, 4) is 0 Å². The molecule has 5 rings (SSSR count). The largest absolute Gasteiger partial charge is 0.457 e. The van der Waals surface area contributed by atoms with Crippen LogP contribution in [0.2, 0.25) is 5.02 Å². The summed E-state index contributed by atoms with van der Waals surface area (Å²) in [4.78, 5) is 26.1. The summed E-state index contributed by atoms with van der Waals surface area (Å²) in [6.07, 6.45) is 0. The number of halogens is 6. The Kier molecular flexibility index (Phi) is 12.2. The van der Waals surface area contributed by atoms with Gasteiger partial charge in [-0.3, -0.25) is 4.79 Å². The molecule has 282 valence electrons. The van der Waals surface area contributed by atoms with E-state index in [-0.39, 0.29) is 40.4 Å². The molecule has 0 saturated carbocycles. The first-order valence-corrected chi connectivity index (χ1v) is 18.3. The molecule has 0 aliphatic carbocycles. The summed E-state index contributed by atoms with van der Waals surface area (Å²) < 4.78 is 106. The second kappa shape index (κ2) is 16.5. The Bertz CT molecular complexity index is 2220. The van der Waals surface area contributed by atoms with E-state index in [1.54, 1.807) is 36.4 Å². The van der Waals surface area contributed by atoms with Crippen LogP contribution in [0.15, 0.2) is 108 Å². The van der Waals surface area contributed by atoms with Gasteiger partial charge in [-0.2, -0.15) is 4.31 Å². The lowest BCUT2D eigenvalue weighted by atomic mass is 9.87. The number of rotatable bonds is 12. The summed E-state index contributed by atoms with van der Waals surface area (Å²) in [5.74, 6) is -14.2. The molecule has 0 N–H and O–H groups in total. The number of anilines is 1. The summed E-state index contributed by atoms with van der Waals surface area (Å²) in [5, 5.41) is 0.264. The van der Waals surface area contributed by atoms with Crippen molar-refractivity contribution in [1.82, 2.24) is 4.31 Å². The molecule has 1 amide bonds. The molecule has 14 heteroatoms. The molecule has 54 heavy (non-hydrogen) atoms. The van der Waals surface area contributed by atoms with Gasteiger partial charge in [0.15, 0.2) is 28.2 Å². The van der Waals surface area contributed by atoms with E-state index < -0.39 is 69.0 Å². The van der Waals surface area contributed by atoms with E-state index in [0.717, 1.165) is 11.1 Å². The Hall–Kier alpha value is -5.11. The summed E-state index contributed by atoms with van der Waals surface area (Å²) in [6.45, 7) is 4.10. The minimum atomic E-state index is -5.59. The van der Waals surface area contributed by atoms with Crippen LogP contribution in [0.4, 0.5) is 27.6 Å². The zero-order valence-electron chi connectivity index (χ0n) is 29.3. The molecule has 5 aromatic carbocycles. The maximum absolute atomic E-state index is 15.0. The van der Waals surface area contributed by atoms with Crippen molar-refractivity contribution >= 4 is 39.2 Å². The van der Waals surface area contributed by atoms with Crippen molar-refractivity contribution in [2.75, 3.05) is 11.4 Å². The molecule has 0 aliphatic rings. The summed E-state index contributed by atoms with van der Waals surface area (Å²) in [5.41, 5.74) is 2.69. The van der Waals surface area contributed by atoms with Crippen LogP contribution in [0.3, 0.4) is 0 Å². The first-order chi connectivity index (χ1) is 25.5. The van der Waals surface area contributed by atoms with Crippen LogP contribution >= 0.6 is 11.6 Å². The van der Waals surface area contributed by atoms with E-state index in [1.165, 1.54) is 53.4 Å². The summed E-state index contributed by atoms with van der Waals surface area (Å²) in [7, 11) is -5.59. The lowest BCUT2D eigenvalue weighted by Crippen LogP contribution is -2.43. The molecule has 5 aromatic rings. The third-order valence-corrected chi connectivity index (χ3v) is 10.5. The first-order valence-electron chi connectivity index (χ1n) is 16.4. The zero-order chi connectivity index (χ0) is 39.4. The molecule has 0 aliphatic heterocycles. The first kappa shape index (κ1) is 40.1. The fourth-order valence-electron chi connectivity index (χ4n) is 5.40. The number of esters is 1. The van der Waals surface area contributed by atoms with Gasteiger partial charge in [0.1, 0.15) is 6.61 Å². The second-order valence-corrected chi connectivity index (χ2v) is 15.6. The number of benzene rings is 5. The van der Waals surface area contributed by atoms with E-state index in [0.29, 0.717) is 9.87 Å². The standard InChI is InChI=1S/C40H34ClF5N2O5S/c1-40(2,3)29-15-9-26(10-16-29)22-48(31-19-13-28(14-20-31)39(50)53-24-27-7-5-4-6-8-27)32(49)23-47(21-25-11-17-30(41)18-12-25)54(51,52)38-36(45)34(43)33(42)35(44)37(38)46/h4-20H,21-24H2,1-3H3. The number of amides is 1. The fraction of sp³-hybridized carbons (Fsp3) is 0.200. The van der Waals surface area contributed by atoms with Gasteiger partial charge in [0.05, 0.1) is 18.7 Å². The van der Waals surface area contributed by atoms with Gasteiger partial charge in [-0.25, -0.2) is 35.2 Å². The number of carbonyl (C=O) groups is 2. The lowest BCUT2D eigenvalue weighted by molar-refractivity contribution is -0.119. The van der Waals surface area contributed by atoms with Crippen molar-refractivity contribution in [1.29, 1.82) is 0 Å². The van der Waals surface area contributed by atoms with E-state index >= 15 is 0 Å². The molecular weight excluding hydrogens is 751 g/mol. The minimum Gasteiger partial charge on any atom is -0.457 e. The Labute approximate surface area is 314 Å². The predicted octanol–water partition coefficient (Wildman–Crippen LogP) is 9.11. The quantitative estimate of drug-likeness (QED) is 0.0546. The van der Waals surface area contributed by atoms with E-state index in [1.807, 2.05) is 39.0 Å². The van der Waals surface area contributed by atoms with Gasteiger partial charge in [-0.05, 0) is 64.1 Å². The third kappa shape index (κ3) is 9.15. The van der Waals surface area contributed by atoms with Crippen molar-refractivity contribution in [3.05, 3.63) is 165 Å². The fourth-order valence-corrected chi connectivity index (χ4v) is 7.01. The summed E-state index contributed by atoms with van der Waals surface area (Å²) >= 11 is 5.97. The Morgan fingerprint density at radius 1 is 0.667 bits per heavy atom. The van der Waals surface area contributed by atoms with Crippen LogP contribution in [-0.2, 0) is 44.7 Å². The topological polar surface area (TPSA) is 84.0 Å². The number of nitrogens with zero attached hydrogens (tertiary/aromatic N) is 2. The molecule has 0 atom stereocenters. The molecule has 0 bridgehead atoms. The second-order valence-electron chi connectivity index (χ2n) is 13.3. The maximum atomic E-state index is 15.0. The van der Waals surface area contributed by atoms with Gasteiger partial charge in [-0.1, -0.05) is 99.1 Å². The zero-order valence-corrected chi connectivity index (χ0v) is 30.8. The number of sulfonamides is 1. The number of hydrogen-bond donors (Lipinski definition) is 0. The van der Waals surface area contributed by atoms with Crippen LogP contribution in [0.25, 0.3) is 0 Å². The van der Waals surface area contributed by atoms with Crippen LogP contribution in [0, 0.1) is 29.1 Å². The van der Waals surface area contributed by atoms with Gasteiger partial charge in [0.25, 0.3) is 0 Å². The van der Waals surface area contributed by atoms with Crippen molar-refractivity contribution < 1.29 is 44.7 Å². The average molecular weight is 785 g/mol. The molecule has 0 spiro atoms. The monoisotopic (exact) mass is 784 g/mol. The molecule has 0 aromatic heterocycles. The molecule has 7 nitrogen and oxygen atoms in total. The van der Waals surface area contributed by atoms with E-state index in [9.17, 15) is 40.0 Å². The maximum Gasteiger partial charge on any atom is 0.338 e. The van der Waals surface area contributed by atoms with Crippen LogP contribution in [0.5, 0.6) is 0 Å². The van der Waals surface area contributed by atoms with Gasteiger partial charge < -0.3 is 9.64 Å². The molecule has 0 unspecified atom stereocenters. The minimum absolute atomic E-state index is 0.0115. The highest BCUT2D eigenvalue weighted by molar-refractivity contribution is 7.89. The third-order valence-electron chi connectivity index (χ3n) is 8.44. The van der Waals surface area contributed by atoms with Crippen molar-refractivity contribution in [2.24, 2.45) is 0 Å². The van der Waals surface area contributed by atoms with Crippen LogP contribution in [-0.4, -0.2) is 31.1 Å². The molecule has 0 fully saturated rings. The normalized spacial score (nSPS) is 11.8. The Morgan fingerprint density at radius 3 is 1.74 bits per heavy atom. The Balaban J connectivity index is 1.52. The van der Waals surface area contributed by atoms with Crippen molar-refractivity contribution in [2.45, 2.75) is 50.8 Å². The van der Waals surface area contributed by atoms with Gasteiger partial charge in [0.2, 0.25) is 21.7 Å². The van der Waals surface area contributed by atoms with Gasteiger partial charge in [0, 0.05) is 17.3 Å². The van der Waals surface area contributed by atoms with Crippen LogP contribution < -0.4 is 4.90 Å². The highest BCUT2D eigenvalue weighted by atomic mass is 35.5. The molecular formula is C40H34ClF5N2O5S. The molecule has 0 radical (unpaired) electrons. The average Bonchev–Trinajstić information content (AvgIpc) is 3.15. The van der Waals surface area contributed by atoms with Crippen LogP contribution in [0.1, 0.15) is 53.4 Å².